The normalized spacial score (nSPS) is 14.0. The van der Waals surface area contributed by atoms with Crippen molar-refractivity contribution in [1.29, 1.82) is 0 Å². The summed E-state index contributed by atoms with van der Waals surface area (Å²) in [6.45, 7) is 2.18. The Morgan fingerprint density at radius 1 is 1.26 bits per heavy atom. The van der Waals surface area contributed by atoms with Gasteiger partial charge in [0.2, 0.25) is 0 Å². The molecule has 0 fully saturated rings. The van der Waals surface area contributed by atoms with Gasteiger partial charge in [0.1, 0.15) is 0 Å². The number of nitrogens with one attached hydrogen (secondary N) is 2. The van der Waals surface area contributed by atoms with Gasteiger partial charge in [0.15, 0.2) is 5.13 Å². The molecule has 4 rings (SSSR count). The molecule has 8 heteroatoms. The van der Waals surface area contributed by atoms with E-state index in [-0.39, 0.29) is 5.91 Å². The van der Waals surface area contributed by atoms with Gasteiger partial charge in [-0.05, 0) is 50.8 Å². The number of rotatable bonds is 3. The van der Waals surface area contributed by atoms with E-state index in [0.717, 1.165) is 25.0 Å². The number of carbonyl (C=O) groups excluding carboxylic acids is 1. The van der Waals surface area contributed by atoms with E-state index in [1.807, 2.05) is 0 Å². The molecule has 2 heterocycles. The Labute approximate surface area is 159 Å². The number of anilines is 1. The number of hydrogen-bond donors (Lipinski definition) is 2. The van der Waals surface area contributed by atoms with Gasteiger partial charge in [0.05, 0.1) is 16.7 Å². The molecule has 1 aromatic carbocycles. The molecule has 1 aliphatic carbocycles. The Kier molecular flexibility index (Phi) is 4.65. The number of nitrogens with zero attached hydrogens (tertiary/aromatic N) is 2. The first-order chi connectivity index (χ1) is 13.1. The summed E-state index contributed by atoms with van der Waals surface area (Å²) in [5.74, 6) is -0.282. The molecule has 3 aromatic rings. The number of carbonyl (C=O) groups is 1. The predicted octanol–water partition coefficient (Wildman–Crippen LogP) is 2.69. The summed E-state index contributed by atoms with van der Waals surface area (Å²) in [5.41, 5.74) is 1.29. The maximum absolute atomic E-state index is 12.6. The number of amides is 1. The summed E-state index contributed by atoms with van der Waals surface area (Å²) in [6.07, 6.45) is 5.52. The van der Waals surface area contributed by atoms with Crippen molar-refractivity contribution in [2.75, 3.05) is 5.32 Å². The highest BCUT2D eigenvalue weighted by atomic mass is 32.1. The Balaban J connectivity index is 1.64. The number of hydrogen-bond acceptors (Lipinski definition) is 5. The average molecular weight is 384 g/mol. The lowest BCUT2D eigenvalue weighted by Gasteiger charge is -2.08. The Bertz CT molecular complexity index is 1120. The van der Waals surface area contributed by atoms with Crippen LogP contribution in [0.25, 0.3) is 11.0 Å². The van der Waals surface area contributed by atoms with E-state index in [4.69, 9.17) is 0 Å². The SMILES string of the molecule is CCn1c(=O)c(=O)[nH]c2cc(C(=O)Nc3nc4c(s3)CCCCC4)ccc21. The number of fused-ring (bicyclic) bond motifs is 2. The van der Waals surface area contributed by atoms with Crippen molar-refractivity contribution >= 4 is 33.4 Å². The average Bonchev–Trinajstić information content (AvgIpc) is 2.90. The second-order valence-electron chi connectivity index (χ2n) is 6.64. The molecule has 0 atom stereocenters. The number of aromatic amines is 1. The highest BCUT2D eigenvalue weighted by molar-refractivity contribution is 7.15. The minimum absolute atomic E-state index is 0.282. The molecule has 0 bridgehead atoms. The molecule has 2 aromatic heterocycles. The van der Waals surface area contributed by atoms with Crippen LogP contribution in [-0.2, 0) is 19.4 Å². The predicted molar refractivity (Wildman–Crippen MR) is 106 cm³/mol. The molecular formula is C19H20N4O3S. The van der Waals surface area contributed by atoms with Crippen molar-refractivity contribution < 1.29 is 4.79 Å². The maximum Gasteiger partial charge on any atom is 0.316 e. The van der Waals surface area contributed by atoms with E-state index in [0.29, 0.717) is 28.3 Å². The van der Waals surface area contributed by atoms with Crippen LogP contribution in [-0.4, -0.2) is 20.4 Å². The quantitative estimate of drug-likeness (QED) is 0.536. The van der Waals surface area contributed by atoms with Crippen LogP contribution in [0.15, 0.2) is 27.8 Å². The first-order valence-corrected chi connectivity index (χ1v) is 9.95. The van der Waals surface area contributed by atoms with Crippen molar-refractivity contribution in [2.24, 2.45) is 0 Å². The standard InChI is InChI=1S/C19H20N4O3S/c1-2-23-14-9-8-11(10-13(14)20-17(25)18(23)26)16(24)22-19-21-12-6-4-3-5-7-15(12)27-19/h8-10H,2-7H2,1H3,(H,20,25)(H,21,22,24). The van der Waals surface area contributed by atoms with E-state index in [9.17, 15) is 14.4 Å². The van der Waals surface area contributed by atoms with E-state index in [1.54, 1.807) is 25.1 Å². The third-order valence-electron chi connectivity index (χ3n) is 4.87. The van der Waals surface area contributed by atoms with Crippen LogP contribution in [0.5, 0.6) is 0 Å². The molecule has 1 aliphatic rings. The lowest BCUT2D eigenvalue weighted by Crippen LogP contribution is -2.36. The summed E-state index contributed by atoms with van der Waals surface area (Å²) in [4.78, 5) is 44.8. The number of aryl methyl sites for hydroxylation is 3. The first kappa shape index (κ1) is 17.7. The van der Waals surface area contributed by atoms with Gasteiger partial charge in [-0.25, -0.2) is 4.98 Å². The molecule has 0 saturated carbocycles. The third kappa shape index (κ3) is 3.32. The van der Waals surface area contributed by atoms with E-state index in [2.05, 4.69) is 15.3 Å². The van der Waals surface area contributed by atoms with Crippen molar-refractivity contribution in [3.63, 3.8) is 0 Å². The zero-order chi connectivity index (χ0) is 19.0. The molecule has 0 unspecified atom stereocenters. The van der Waals surface area contributed by atoms with Gasteiger partial charge in [0, 0.05) is 17.0 Å². The van der Waals surface area contributed by atoms with Crippen LogP contribution < -0.4 is 16.4 Å². The summed E-state index contributed by atoms with van der Waals surface area (Å²) in [6, 6.07) is 4.93. The first-order valence-electron chi connectivity index (χ1n) is 9.13. The highest BCUT2D eigenvalue weighted by Gasteiger charge is 2.17. The second kappa shape index (κ2) is 7.11. The molecule has 7 nitrogen and oxygen atoms in total. The Hall–Kier alpha value is -2.74. The second-order valence-corrected chi connectivity index (χ2v) is 7.72. The van der Waals surface area contributed by atoms with E-state index >= 15 is 0 Å². The fraction of sp³-hybridized carbons (Fsp3) is 0.368. The topological polar surface area (TPSA) is 96.9 Å². The van der Waals surface area contributed by atoms with Crippen LogP contribution >= 0.6 is 11.3 Å². The van der Waals surface area contributed by atoms with Gasteiger partial charge in [-0.15, -0.1) is 11.3 Å². The van der Waals surface area contributed by atoms with Gasteiger partial charge >= 0.3 is 11.1 Å². The molecule has 0 spiro atoms. The minimum atomic E-state index is -0.689. The van der Waals surface area contributed by atoms with Crippen molar-refractivity contribution in [3.05, 3.63) is 55.0 Å². The monoisotopic (exact) mass is 384 g/mol. The van der Waals surface area contributed by atoms with E-state index in [1.165, 1.54) is 33.6 Å². The van der Waals surface area contributed by atoms with Crippen LogP contribution in [0, 0.1) is 0 Å². The van der Waals surface area contributed by atoms with Gasteiger partial charge < -0.3 is 9.55 Å². The van der Waals surface area contributed by atoms with Gasteiger partial charge in [-0.2, -0.15) is 0 Å². The summed E-state index contributed by atoms with van der Waals surface area (Å²) >= 11 is 1.54. The fourth-order valence-electron chi connectivity index (χ4n) is 3.49. The molecule has 0 radical (unpaired) electrons. The molecule has 1 amide bonds. The summed E-state index contributed by atoms with van der Waals surface area (Å²) < 4.78 is 1.40. The number of thiazole rings is 1. The lowest BCUT2D eigenvalue weighted by atomic mass is 10.1. The molecule has 0 saturated heterocycles. The maximum atomic E-state index is 12.6. The smallest absolute Gasteiger partial charge is 0.316 e. The Morgan fingerprint density at radius 2 is 2.07 bits per heavy atom. The van der Waals surface area contributed by atoms with Crippen LogP contribution in [0.4, 0.5) is 5.13 Å². The van der Waals surface area contributed by atoms with Gasteiger partial charge in [-0.1, -0.05) is 6.42 Å². The minimum Gasteiger partial charge on any atom is -0.316 e. The largest absolute Gasteiger partial charge is 0.316 e. The summed E-state index contributed by atoms with van der Waals surface area (Å²) in [5, 5.41) is 3.47. The zero-order valence-corrected chi connectivity index (χ0v) is 15.8. The zero-order valence-electron chi connectivity index (χ0n) is 15.0. The molecule has 2 N–H and O–H groups in total. The molecule has 0 aliphatic heterocycles. The number of H-pyrrole nitrogens is 1. The summed E-state index contributed by atoms with van der Waals surface area (Å²) in [7, 11) is 0. The number of aromatic nitrogens is 3. The van der Waals surface area contributed by atoms with Crippen LogP contribution in [0.3, 0.4) is 0 Å². The van der Waals surface area contributed by atoms with Gasteiger partial charge in [0.25, 0.3) is 5.91 Å². The molecular weight excluding hydrogens is 364 g/mol. The third-order valence-corrected chi connectivity index (χ3v) is 5.94. The van der Waals surface area contributed by atoms with Crippen LogP contribution in [0.1, 0.15) is 47.1 Å². The Morgan fingerprint density at radius 3 is 2.89 bits per heavy atom. The molecule has 27 heavy (non-hydrogen) atoms. The lowest BCUT2D eigenvalue weighted by molar-refractivity contribution is 0.102. The van der Waals surface area contributed by atoms with E-state index < -0.39 is 11.1 Å². The van der Waals surface area contributed by atoms with Gasteiger partial charge in [-0.3, -0.25) is 19.7 Å². The van der Waals surface area contributed by atoms with Crippen LogP contribution in [0.2, 0.25) is 0 Å². The van der Waals surface area contributed by atoms with Crippen molar-refractivity contribution in [2.45, 2.75) is 45.6 Å². The van der Waals surface area contributed by atoms with Crippen molar-refractivity contribution in [3.8, 4) is 0 Å². The fourth-order valence-corrected chi connectivity index (χ4v) is 4.53. The molecule has 140 valence electrons. The van der Waals surface area contributed by atoms with Crippen molar-refractivity contribution in [1.82, 2.24) is 14.5 Å². The highest BCUT2D eigenvalue weighted by Crippen LogP contribution is 2.29. The number of benzene rings is 1.